The molecule has 2 saturated carbocycles. The summed E-state index contributed by atoms with van der Waals surface area (Å²) in [4.78, 5) is 14.6. The maximum Gasteiger partial charge on any atom is 0.325 e. The lowest BCUT2D eigenvalue weighted by atomic mass is 9.84. The Bertz CT molecular complexity index is 357. The third-order valence-electron chi connectivity index (χ3n) is 5.33. The molecule has 0 spiro atoms. The Morgan fingerprint density at radius 1 is 1.29 bits per heavy atom. The van der Waals surface area contributed by atoms with Gasteiger partial charge in [0.2, 0.25) is 0 Å². The van der Waals surface area contributed by atoms with Crippen molar-refractivity contribution in [3.05, 3.63) is 0 Å². The fourth-order valence-corrected chi connectivity index (χ4v) is 3.65. The summed E-state index contributed by atoms with van der Waals surface area (Å²) < 4.78 is 5.02. The highest BCUT2D eigenvalue weighted by Crippen LogP contribution is 2.29. The van der Waals surface area contributed by atoms with Gasteiger partial charge in [0, 0.05) is 18.6 Å². The van der Waals surface area contributed by atoms with Gasteiger partial charge in [-0.05, 0) is 52.0 Å². The molecule has 122 valence electrons. The van der Waals surface area contributed by atoms with E-state index in [0.717, 1.165) is 18.9 Å². The van der Waals surface area contributed by atoms with Gasteiger partial charge in [0.25, 0.3) is 0 Å². The predicted molar refractivity (Wildman–Crippen MR) is 85.2 cm³/mol. The molecule has 0 heterocycles. The summed E-state index contributed by atoms with van der Waals surface area (Å²) in [6.45, 7) is 5.30. The van der Waals surface area contributed by atoms with Crippen LogP contribution >= 0.6 is 0 Å². The molecule has 21 heavy (non-hydrogen) atoms. The van der Waals surface area contributed by atoms with Gasteiger partial charge in [-0.2, -0.15) is 0 Å². The van der Waals surface area contributed by atoms with Gasteiger partial charge in [-0.3, -0.25) is 10.1 Å². The highest BCUT2D eigenvalue weighted by atomic mass is 16.5. The summed E-state index contributed by atoms with van der Waals surface area (Å²) in [5.74, 6) is 0.643. The van der Waals surface area contributed by atoms with Gasteiger partial charge < -0.3 is 9.64 Å². The summed E-state index contributed by atoms with van der Waals surface area (Å²) in [6, 6.07) is 1.18. The molecule has 0 aromatic carbocycles. The second-order valence-corrected chi connectivity index (χ2v) is 7.30. The third-order valence-corrected chi connectivity index (χ3v) is 5.33. The summed E-state index contributed by atoms with van der Waals surface area (Å²) in [5.41, 5.74) is -0.540. The molecule has 4 nitrogen and oxygen atoms in total. The molecule has 0 radical (unpaired) electrons. The van der Waals surface area contributed by atoms with E-state index >= 15 is 0 Å². The van der Waals surface area contributed by atoms with Crippen LogP contribution in [0, 0.1) is 5.92 Å². The first-order chi connectivity index (χ1) is 9.96. The Morgan fingerprint density at radius 3 is 2.52 bits per heavy atom. The number of carbonyl (C=O) groups excluding carboxylic acids is 1. The monoisotopic (exact) mass is 296 g/mol. The number of nitrogens with zero attached hydrogens (tertiary/aromatic N) is 1. The van der Waals surface area contributed by atoms with Crippen LogP contribution in [0.3, 0.4) is 0 Å². The van der Waals surface area contributed by atoms with E-state index in [-0.39, 0.29) is 5.97 Å². The Hall–Kier alpha value is -0.610. The molecule has 0 saturated heterocycles. The molecule has 0 aromatic rings. The van der Waals surface area contributed by atoms with Crippen molar-refractivity contribution in [1.29, 1.82) is 0 Å². The minimum Gasteiger partial charge on any atom is -0.468 e. The van der Waals surface area contributed by atoms with Crippen LogP contribution in [-0.2, 0) is 9.53 Å². The number of hydrogen-bond donors (Lipinski definition) is 1. The smallest absolute Gasteiger partial charge is 0.325 e. The number of rotatable bonds is 7. The molecule has 3 atom stereocenters. The van der Waals surface area contributed by atoms with Crippen LogP contribution in [0.2, 0.25) is 0 Å². The van der Waals surface area contributed by atoms with Crippen LogP contribution in [-0.4, -0.2) is 49.2 Å². The van der Waals surface area contributed by atoms with Gasteiger partial charge in [-0.15, -0.1) is 0 Å². The molecule has 3 unspecified atom stereocenters. The molecule has 2 fully saturated rings. The number of carbonyl (C=O) groups is 1. The van der Waals surface area contributed by atoms with Crippen LogP contribution in [0.25, 0.3) is 0 Å². The van der Waals surface area contributed by atoms with Crippen molar-refractivity contribution >= 4 is 5.97 Å². The third kappa shape index (κ3) is 4.43. The van der Waals surface area contributed by atoms with Crippen molar-refractivity contribution in [2.45, 2.75) is 76.4 Å². The van der Waals surface area contributed by atoms with Gasteiger partial charge in [0.15, 0.2) is 0 Å². The Balaban J connectivity index is 1.89. The topological polar surface area (TPSA) is 41.6 Å². The SMILES string of the molecule is COC(=O)C(C)(CCN(C)C1CCCCC1C)NC1CC1. The number of nitrogens with one attached hydrogen (secondary N) is 1. The van der Waals surface area contributed by atoms with Crippen LogP contribution in [0.1, 0.15) is 58.8 Å². The fourth-order valence-electron chi connectivity index (χ4n) is 3.65. The molecule has 2 rings (SSSR count). The van der Waals surface area contributed by atoms with E-state index in [1.807, 2.05) is 6.92 Å². The van der Waals surface area contributed by atoms with E-state index in [2.05, 4.69) is 24.2 Å². The van der Waals surface area contributed by atoms with Gasteiger partial charge in [0.1, 0.15) is 5.54 Å². The zero-order valence-electron chi connectivity index (χ0n) is 14.2. The molecular formula is C17H32N2O2. The number of esters is 1. The van der Waals surface area contributed by atoms with Crippen molar-refractivity contribution in [1.82, 2.24) is 10.2 Å². The maximum absolute atomic E-state index is 12.1. The quantitative estimate of drug-likeness (QED) is 0.733. The van der Waals surface area contributed by atoms with Crippen molar-refractivity contribution < 1.29 is 9.53 Å². The highest BCUT2D eigenvalue weighted by Gasteiger charge is 2.39. The van der Waals surface area contributed by atoms with Crippen LogP contribution in [0.4, 0.5) is 0 Å². The summed E-state index contributed by atoms with van der Waals surface area (Å²) in [7, 11) is 3.70. The Kier molecular flexibility index (Phi) is 5.67. The average molecular weight is 296 g/mol. The average Bonchev–Trinajstić information content (AvgIpc) is 3.28. The van der Waals surface area contributed by atoms with Crippen LogP contribution < -0.4 is 5.32 Å². The largest absolute Gasteiger partial charge is 0.468 e. The Morgan fingerprint density at radius 2 is 1.95 bits per heavy atom. The van der Waals surface area contributed by atoms with Crippen LogP contribution in [0.5, 0.6) is 0 Å². The molecule has 0 aromatic heterocycles. The van der Waals surface area contributed by atoms with Crippen molar-refractivity contribution in [2.24, 2.45) is 5.92 Å². The normalized spacial score (nSPS) is 29.2. The second-order valence-electron chi connectivity index (χ2n) is 7.30. The summed E-state index contributed by atoms with van der Waals surface area (Å²) in [6.07, 6.45) is 8.52. The first-order valence-electron chi connectivity index (χ1n) is 8.52. The van der Waals surface area contributed by atoms with E-state index in [9.17, 15) is 4.79 Å². The van der Waals surface area contributed by atoms with Gasteiger partial charge in [0.05, 0.1) is 7.11 Å². The molecule has 2 aliphatic rings. The lowest BCUT2D eigenvalue weighted by Gasteiger charge is -2.38. The van der Waals surface area contributed by atoms with Crippen LogP contribution in [0.15, 0.2) is 0 Å². The number of ether oxygens (including phenoxy) is 1. The van der Waals surface area contributed by atoms with E-state index in [1.165, 1.54) is 45.6 Å². The van der Waals surface area contributed by atoms with E-state index in [0.29, 0.717) is 12.1 Å². The lowest BCUT2D eigenvalue weighted by Crippen LogP contribution is -2.53. The second kappa shape index (κ2) is 7.10. The van der Waals surface area contributed by atoms with Gasteiger partial charge in [-0.25, -0.2) is 0 Å². The minimum atomic E-state index is -0.540. The number of methoxy groups -OCH3 is 1. The first-order valence-corrected chi connectivity index (χ1v) is 8.52. The van der Waals surface area contributed by atoms with Crippen molar-refractivity contribution in [3.63, 3.8) is 0 Å². The van der Waals surface area contributed by atoms with E-state index < -0.39 is 5.54 Å². The van der Waals surface area contributed by atoms with Crippen molar-refractivity contribution in [2.75, 3.05) is 20.7 Å². The zero-order valence-corrected chi connectivity index (χ0v) is 14.2. The van der Waals surface area contributed by atoms with E-state index in [4.69, 9.17) is 4.74 Å². The fraction of sp³-hybridized carbons (Fsp3) is 0.941. The summed E-state index contributed by atoms with van der Waals surface area (Å²) >= 11 is 0. The maximum atomic E-state index is 12.1. The minimum absolute atomic E-state index is 0.125. The zero-order chi connectivity index (χ0) is 15.5. The van der Waals surface area contributed by atoms with Gasteiger partial charge in [-0.1, -0.05) is 19.8 Å². The summed E-state index contributed by atoms with van der Waals surface area (Å²) in [5, 5.41) is 3.49. The molecule has 0 bridgehead atoms. The molecule has 4 heteroatoms. The Labute approximate surface area is 129 Å². The first kappa shape index (κ1) is 16.8. The molecule has 0 amide bonds. The van der Waals surface area contributed by atoms with Crippen molar-refractivity contribution in [3.8, 4) is 0 Å². The molecule has 1 N–H and O–H groups in total. The highest BCUT2D eigenvalue weighted by molar-refractivity contribution is 5.80. The van der Waals surface area contributed by atoms with E-state index in [1.54, 1.807) is 0 Å². The van der Waals surface area contributed by atoms with Gasteiger partial charge >= 0.3 is 5.97 Å². The standard InChI is InChI=1S/C17H32N2O2/c1-13-7-5-6-8-15(13)19(3)12-11-17(2,16(20)21-4)18-14-9-10-14/h13-15,18H,5-12H2,1-4H3. The molecule has 0 aliphatic heterocycles. The molecular weight excluding hydrogens is 264 g/mol. The lowest BCUT2D eigenvalue weighted by molar-refractivity contribution is -0.148. The number of hydrogen-bond acceptors (Lipinski definition) is 4. The predicted octanol–water partition coefficient (Wildman–Crippen LogP) is 2.57. The molecule has 2 aliphatic carbocycles.